The Kier molecular flexibility index (Phi) is 13.2. The number of carbonyl (C=O) groups is 2. The van der Waals surface area contributed by atoms with Gasteiger partial charge in [-0.1, -0.05) is 0 Å². The van der Waals surface area contributed by atoms with Crippen molar-refractivity contribution >= 4 is 11.9 Å². The van der Waals surface area contributed by atoms with Crippen molar-refractivity contribution in [2.45, 2.75) is 156 Å². The number of aliphatic carboxylic acids is 1. The van der Waals surface area contributed by atoms with Crippen molar-refractivity contribution in [1.29, 1.82) is 0 Å². The first-order valence-electron chi connectivity index (χ1n) is 17.0. The van der Waals surface area contributed by atoms with Gasteiger partial charge in [-0.3, -0.25) is 9.59 Å². The van der Waals surface area contributed by atoms with E-state index >= 15 is 0 Å². The molecule has 5 aliphatic rings. The number of carboxylic acid groups (broad SMARTS) is 1. The van der Waals surface area contributed by atoms with Crippen molar-refractivity contribution in [3.63, 3.8) is 0 Å². The van der Waals surface area contributed by atoms with Gasteiger partial charge >= 0.3 is 11.9 Å². The quantitative estimate of drug-likeness (QED) is 0.0922. The van der Waals surface area contributed by atoms with Gasteiger partial charge in [-0.05, 0) is 44.4 Å². The zero-order valence-electron chi connectivity index (χ0n) is 26.9. The van der Waals surface area contributed by atoms with Crippen molar-refractivity contribution in [2.24, 2.45) is 11.8 Å². The Morgan fingerprint density at radius 3 is 1.84 bits per heavy atom. The van der Waals surface area contributed by atoms with E-state index in [1.807, 2.05) is 0 Å². The average molecular weight is 711 g/mol. The Labute approximate surface area is 282 Å². The fraction of sp³-hybridized carbons (Fsp3) is 0.935. The lowest BCUT2D eigenvalue weighted by Crippen LogP contribution is -2.63. The molecule has 16 unspecified atom stereocenters. The fourth-order valence-corrected chi connectivity index (χ4v) is 7.65. The zero-order chi connectivity index (χ0) is 35.6. The largest absolute Gasteiger partial charge is 0.481 e. The van der Waals surface area contributed by atoms with Gasteiger partial charge in [-0.15, -0.1) is 0 Å². The molecule has 0 aromatic rings. The molecular weight excluding hydrogens is 660 g/mol. The van der Waals surface area contributed by atoms with Crippen molar-refractivity contribution in [3.05, 3.63) is 0 Å². The van der Waals surface area contributed by atoms with Crippen LogP contribution in [0.1, 0.15) is 57.8 Å². The van der Waals surface area contributed by atoms with Crippen LogP contribution in [0.4, 0.5) is 0 Å². The molecule has 0 amide bonds. The van der Waals surface area contributed by atoms with Crippen molar-refractivity contribution < 1.29 is 89.1 Å². The SMILES string of the molecule is O=C(O)CCC(=O)OCC1OC(OC2CC3C(OC4OC(CO)C(O)C(O)C4O)CC(O)CC3OC2C2CCC(O)CC2)C(O)C(O)C1O. The van der Waals surface area contributed by atoms with Gasteiger partial charge in [0, 0.05) is 12.3 Å². The highest BCUT2D eigenvalue weighted by molar-refractivity contribution is 5.76. The molecule has 3 saturated heterocycles. The number of hydrogen-bond donors (Lipinski definition) is 10. The van der Waals surface area contributed by atoms with Crippen LogP contribution in [0.2, 0.25) is 0 Å². The standard InChI is InChI=1S/C31H50O18/c32-10-19-23(38)25(40)27(42)30(48-19)46-17-8-14(34)7-16-15(17)9-18(29(45-16)12-1-3-13(33)4-2-12)47-31-28(43)26(41)24(39)20(49-31)11-44-22(37)6-5-21(35)36/h12-20,23-34,38-43H,1-11H2,(H,35,36). The first-order valence-corrected chi connectivity index (χ1v) is 17.0. The van der Waals surface area contributed by atoms with E-state index < -0.39 is 142 Å². The number of fused-ring (bicyclic) bond motifs is 1. The summed E-state index contributed by atoms with van der Waals surface area (Å²) >= 11 is 0. The summed E-state index contributed by atoms with van der Waals surface area (Å²) in [4.78, 5) is 22.8. The lowest BCUT2D eigenvalue weighted by Gasteiger charge is -2.52. The summed E-state index contributed by atoms with van der Waals surface area (Å²) in [5, 5.41) is 103. The van der Waals surface area contributed by atoms with E-state index in [0.29, 0.717) is 25.7 Å². The van der Waals surface area contributed by atoms with E-state index in [2.05, 4.69) is 0 Å². The molecule has 0 aromatic carbocycles. The van der Waals surface area contributed by atoms with Gasteiger partial charge in [0.1, 0.15) is 55.4 Å². The minimum atomic E-state index is -1.77. The second kappa shape index (κ2) is 16.8. The molecule has 5 rings (SSSR count). The first kappa shape index (κ1) is 38.6. The molecule has 49 heavy (non-hydrogen) atoms. The summed E-state index contributed by atoms with van der Waals surface area (Å²) in [6.07, 6.45) is -18.1. The highest BCUT2D eigenvalue weighted by Crippen LogP contribution is 2.45. The van der Waals surface area contributed by atoms with E-state index in [0.717, 1.165) is 0 Å². The maximum Gasteiger partial charge on any atom is 0.306 e. The van der Waals surface area contributed by atoms with E-state index in [4.69, 9.17) is 33.5 Å². The van der Waals surface area contributed by atoms with Gasteiger partial charge in [0.2, 0.25) is 0 Å². The Morgan fingerprint density at radius 1 is 0.633 bits per heavy atom. The highest BCUT2D eigenvalue weighted by atomic mass is 16.7. The molecule has 18 heteroatoms. The summed E-state index contributed by atoms with van der Waals surface area (Å²) in [5.41, 5.74) is 0. The number of ether oxygens (including phenoxy) is 6. The maximum absolute atomic E-state index is 12.0. The third-order valence-electron chi connectivity index (χ3n) is 10.5. The van der Waals surface area contributed by atoms with E-state index in [1.54, 1.807) is 0 Å². The number of aliphatic hydroxyl groups excluding tert-OH is 9. The molecule has 3 heterocycles. The number of esters is 1. The second-order valence-electron chi connectivity index (χ2n) is 13.9. The second-order valence-corrected chi connectivity index (χ2v) is 13.9. The molecule has 2 saturated carbocycles. The molecule has 2 aliphatic carbocycles. The minimum Gasteiger partial charge on any atom is -0.481 e. The number of hydrogen-bond acceptors (Lipinski definition) is 17. The van der Waals surface area contributed by atoms with Crippen LogP contribution in [-0.4, -0.2) is 174 Å². The summed E-state index contributed by atoms with van der Waals surface area (Å²) < 4.78 is 35.4. The van der Waals surface area contributed by atoms with Crippen molar-refractivity contribution in [2.75, 3.05) is 13.2 Å². The summed E-state index contributed by atoms with van der Waals surface area (Å²) in [5.74, 6) is -2.69. The topological polar surface area (TPSA) is 292 Å². The molecule has 3 aliphatic heterocycles. The molecule has 18 nitrogen and oxygen atoms in total. The summed E-state index contributed by atoms with van der Waals surface area (Å²) in [6, 6.07) is 0. The Morgan fingerprint density at radius 2 is 1.22 bits per heavy atom. The number of rotatable bonds is 11. The van der Waals surface area contributed by atoms with Crippen LogP contribution in [0, 0.1) is 11.8 Å². The van der Waals surface area contributed by atoms with Gasteiger partial charge in [-0.2, -0.15) is 0 Å². The molecular formula is C31H50O18. The van der Waals surface area contributed by atoms with Crippen LogP contribution >= 0.6 is 0 Å². The van der Waals surface area contributed by atoms with Crippen LogP contribution < -0.4 is 0 Å². The van der Waals surface area contributed by atoms with Crippen LogP contribution in [0.3, 0.4) is 0 Å². The molecule has 5 fully saturated rings. The van der Waals surface area contributed by atoms with Gasteiger partial charge < -0.3 is 79.5 Å². The van der Waals surface area contributed by atoms with Crippen molar-refractivity contribution in [3.8, 4) is 0 Å². The molecule has 16 atom stereocenters. The fourth-order valence-electron chi connectivity index (χ4n) is 7.65. The third-order valence-corrected chi connectivity index (χ3v) is 10.5. The first-order chi connectivity index (χ1) is 23.3. The van der Waals surface area contributed by atoms with Gasteiger partial charge in [0.25, 0.3) is 0 Å². The average Bonchev–Trinajstić information content (AvgIpc) is 3.07. The number of aliphatic hydroxyl groups is 9. The van der Waals surface area contributed by atoms with Crippen LogP contribution in [0.5, 0.6) is 0 Å². The van der Waals surface area contributed by atoms with E-state index in [1.165, 1.54) is 0 Å². The monoisotopic (exact) mass is 710 g/mol. The van der Waals surface area contributed by atoms with Crippen LogP contribution in [0.25, 0.3) is 0 Å². The van der Waals surface area contributed by atoms with Crippen molar-refractivity contribution in [1.82, 2.24) is 0 Å². The molecule has 0 bridgehead atoms. The zero-order valence-corrected chi connectivity index (χ0v) is 26.9. The predicted octanol–water partition coefficient (Wildman–Crippen LogP) is -3.75. The summed E-state index contributed by atoms with van der Waals surface area (Å²) in [7, 11) is 0. The van der Waals surface area contributed by atoms with E-state index in [9.17, 15) is 55.5 Å². The predicted molar refractivity (Wildman–Crippen MR) is 158 cm³/mol. The van der Waals surface area contributed by atoms with E-state index in [-0.39, 0.29) is 25.2 Å². The normalized spacial score (nSPS) is 47.6. The lowest BCUT2D eigenvalue weighted by molar-refractivity contribution is -0.344. The molecule has 0 radical (unpaired) electrons. The van der Waals surface area contributed by atoms with Crippen LogP contribution in [-0.2, 0) is 38.0 Å². The lowest BCUT2D eigenvalue weighted by atomic mass is 9.73. The Balaban J connectivity index is 1.33. The van der Waals surface area contributed by atoms with Gasteiger partial charge in [0.05, 0.1) is 56.1 Å². The Bertz CT molecular complexity index is 1090. The smallest absolute Gasteiger partial charge is 0.306 e. The maximum atomic E-state index is 12.0. The molecule has 10 N–H and O–H groups in total. The highest BCUT2D eigenvalue weighted by Gasteiger charge is 2.53. The minimum absolute atomic E-state index is 0.0787. The molecule has 282 valence electrons. The van der Waals surface area contributed by atoms with Crippen LogP contribution in [0.15, 0.2) is 0 Å². The number of carbonyl (C=O) groups excluding carboxylic acids is 1. The van der Waals surface area contributed by atoms with Gasteiger partial charge in [-0.25, -0.2) is 0 Å². The van der Waals surface area contributed by atoms with Gasteiger partial charge in [0.15, 0.2) is 12.6 Å². The molecule has 0 spiro atoms. The number of carboxylic acids is 1. The Hall–Kier alpha value is -1.62. The third kappa shape index (κ3) is 9.07. The molecule has 0 aromatic heterocycles. The summed E-state index contributed by atoms with van der Waals surface area (Å²) in [6.45, 7) is -1.22.